The van der Waals surface area contributed by atoms with E-state index in [1.54, 1.807) is 24.5 Å². The molecule has 28 heavy (non-hydrogen) atoms. The van der Waals surface area contributed by atoms with E-state index in [-0.39, 0.29) is 11.3 Å². The third-order valence-corrected chi connectivity index (χ3v) is 6.28. The summed E-state index contributed by atoms with van der Waals surface area (Å²) in [6.07, 6.45) is 4.22. The van der Waals surface area contributed by atoms with Crippen molar-refractivity contribution in [3.63, 3.8) is 0 Å². The van der Waals surface area contributed by atoms with Crippen LogP contribution in [0.5, 0.6) is 0 Å². The van der Waals surface area contributed by atoms with E-state index in [2.05, 4.69) is 50.5 Å². The molecule has 2 aromatic rings. The van der Waals surface area contributed by atoms with Crippen molar-refractivity contribution in [2.24, 2.45) is 16.4 Å². The van der Waals surface area contributed by atoms with Crippen molar-refractivity contribution < 1.29 is 4.79 Å². The lowest BCUT2D eigenvalue weighted by Gasteiger charge is -2.50. The van der Waals surface area contributed by atoms with Crippen LogP contribution in [0.1, 0.15) is 15.9 Å². The second-order valence-corrected chi connectivity index (χ2v) is 8.28. The van der Waals surface area contributed by atoms with Gasteiger partial charge in [-0.1, -0.05) is 30.3 Å². The Balaban J connectivity index is 1.47. The fourth-order valence-electron chi connectivity index (χ4n) is 5.19. The van der Waals surface area contributed by atoms with Crippen LogP contribution < -0.4 is 5.43 Å². The van der Waals surface area contributed by atoms with Gasteiger partial charge in [0.05, 0.1) is 5.71 Å². The van der Waals surface area contributed by atoms with Crippen LogP contribution in [-0.2, 0) is 6.42 Å². The van der Waals surface area contributed by atoms with Crippen molar-refractivity contribution in [1.29, 1.82) is 0 Å². The van der Waals surface area contributed by atoms with Gasteiger partial charge in [-0.25, -0.2) is 5.43 Å². The number of fused-ring (bicyclic) bond motifs is 1. The lowest BCUT2D eigenvalue weighted by Crippen LogP contribution is -2.62. The monoisotopic (exact) mass is 375 g/mol. The number of nitrogens with zero attached hydrogens (tertiary/aromatic N) is 4. The van der Waals surface area contributed by atoms with Crippen molar-refractivity contribution >= 4 is 11.6 Å². The van der Waals surface area contributed by atoms with Crippen LogP contribution >= 0.6 is 0 Å². The largest absolute Gasteiger partial charge is 0.300 e. The number of hydrogen-bond acceptors (Lipinski definition) is 5. The summed E-state index contributed by atoms with van der Waals surface area (Å²) in [4.78, 5) is 21.7. The molecule has 0 radical (unpaired) electrons. The van der Waals surface area contributed by atoms with Gasteiger partial charge in [-0.3, -0.25) is 9.78 Å². The molecular formula is C22H25N5O. The number of rotatable bonds is 4. The molecule has 4 aliphatic rings. The molecular weight excluding hydrogens is 350 g/mol. The average molecular weight is 375 g/mol. The van der Waals surface area contributed by atoms with E-state index < -0.39 is 0 Å². The summed E-state index contributed by atoms with van der Waals surface area (Å²) in [5.74, 6) is 0.212. The van der Waals surface area contributed by atoms with Gasteiger partial charge < -0.3 is 9.80 Å². The summed E-state index contributed by atoms with van der Waals surface area (Å²) in [5.41, 5.74) is 5.90. The standard InChI is InChI=1S/C22H25N5O/c28-21(18-6-8-23-9-7-18)25-24-20-19-13-26-10-11-27(14-19)16-22(20,15-26)12-17-4-2-1-3-5-17/h1-9,19H,10-16H2,(H,25,28)/b24-20-. The van der Waals surface area contributed by atoms with Gasteiger partial charge in [-0.2, -0.15) is 5.10 Å². The Hall–Kier alpha value is -2.57. The topological polar surface area (TPSA) is 60.8 Å². The molecule has 2 unspecified atom stereocenters. The maximum atomic E-state index is 12.5. The lowest BCUT2D eigenvalue weighted by atomic mass is 9.67. The molecule has 5 heterocycles. The molecule has 1 aromatic heterocycles. The van der Waals surface area contributed by atoms with Gasteiger partial charge >= 0.3 is 0 Å². The number of carbonyl (C=O) groups is 1. The Morgan fingerprint density at radius 3 is 2.43 bits per heavy atom. The van der Waals surface area contributed by atoms with Crippen molar-refractivity contribution in [1.82, 2.24) is 20.2 Å². The Bertz CT molecular complexity index is 866. The Morgan fingerprint density at radius 2 is 1.75 bits per heavy atom. The first kappa shape index (κ1) is 17.5. The molecule has 0 saturated carbocycles. The van der Waals surface area contributed by atoms with Gasteiger partial charge in [0, 0.05) is 68.6 Å². The van der Waals surface area contributed by atoms with Gasteiger partial charge in [0.15, 0.2) is 0 Å². The molecule has 6 heteroatoms. The van der Waals surface area contributed by atoms with Crippen LogP contribution in [0.4, 0.5) is 0 Å². The second kappa shape index (κ2) is 7.11. The lowest BCUT2D eigenvalue weighted by molar-refractivity contribution is 0.0944. The molecule has 0 aliphatic carbocycles. The molecule has 1 amide bonds. The van der Waals surface area contributed by atoms with E-state index in [1.165, 1.54) is 11.3 Å². The van der Waals surface area contributed by atoms with E-state index in [0.29, 0.717) is 11.5 Å². The Kier molecular flexibility index (Phi) is 4.45. The molecule has 1 N–H and O–H groups in total. The SMILES string of the molecule is O=C(N/N=C1/C2CN3CCN(C2)CC1(Cc1ccccc1)C3)c1ccncc1. The maximum Gasteiger partial charge on any atom is 0.271 e. The number of nitrogens with one attached hydrogen (secondary N) is 1. The average Bonchev–Trinajstić information content (AvgIpc) is 2.96. The third kappa shape index (κ3) is 3.23. The van der Waals surface area contributed by atoms with Crippen LogP contribution in [0, 0.1) is 11.3 Å². The smallest absolute Gasteiger partial charge is 0.271 e. The predicted molar refractivity (Wildman–Crippen MR) is 108 cm³/mol. The van der Waals surface area contributed by atoms with Crippen LogP contribution in [0.2, 0.25) is 0 Å². The summed E-state index contributed by atoms with van der Waals surface area (Å²) in [5, 5.41) is 4.75. The summed E-state index contributed by atoms with van der Waals surface area (Å²) >= 11 is 0. The number of hydrogen-bond donors (Lipinski definition) is 1. The molecule has 4 aliphatic heterocycles. The molecule has 6 rings (SSSR count). The number of piperidine rings is 2. The fourth-order valence-corrected chi connectivity index (χ4v) is 5.19. The molecule has 2 atom stereocenters. The molecule has 4 bridgehead atoms. The first-order valence-electron chi connectivity index (χ1n) is 9.99. The van der Waals surface area contributed by atoms with E-state index >= 15 is 0 Å². The van der Waals surface area contributed by atoms with Crippen molar-refractivity contribution in [2.75, 3.05) is 39.3 Å². The van der Waals surface area contributed by atoms with Crippen LogP contribution in [0.3, 0.4) is 0 Å². The minimum absolute atomic E-state index is 0.0372. The zero-order valence-corrected chi connectivity index (χ0v) is 15.9. The Morgan fingerprint density at radius 1 is 1.07 bits per heavy atom. The Labute approximate surface area is 165 Å². The van der Waals surface area contributed by atoms with E-state index in [1.807, 2.05) is 0 Å². The highest BCUT2D eigenvalue weighted by Gasteiger charge is 2.52. The normalized spacial score (nSPS) is 32.3. The van der Waals surface area contributed by atoms with Gasteiger partial charge in [0.2, 0.25) is 0 Å². The van der Waals surface area contributed by atoms with Crippen molar-refractivity contribution in [3.05, 3.63) is 66.0 Å². The zero-order valence-electron chi connectivity index (χ0n) is 15.9. The maximum absolute atomic E-state index is 12.5. The molecule has 6 nitrogen and oxygen atoms in total. The molecule has 4 saturated heterocycles. The van der Waals surface area contributed by atoms with E-state index in [0.717, 1.165) is 45.7 Å². The summed E-state index contributed by atoms with van der Waals surface area (Å²) < 4.78 is 0. The van der Waals surface area contributed by atoms with Crippen LogP contribution in [0.15, 0.2) is 60.0 Å². The number of carbonyl (C=O) groups excluding carboxylic acids is 1. The molecule has 0 spiro atoms. The highest BCUT2D eigenvalue weighted by atomic mass is 16.2. The highest BCUT2D eigenvalue weighted by Crippen LogP contribution is 2.41. The highest BCUT2D eigenvalue weighted by molar-refractivity contribution is 5.98. The van der Waals surface area contributed by atoms with E-state index in [9.17, 15) is 4.79 Å². The third-order valence-electron chi connectivity index (χ3n) is 6.28. The first-order valence-corrected chi connectivity index (χ1v) is 9.99. The number of benzene rings is 1. The summed E-state index contributed by atoms with van der Waals surface area (Å²) in [6.45, 7) is 6.36. The van der Waals surface area contributed by atoms with Crippen molar-refractivity contribution in [3.8, 4) is 0 Å². The quantitative estimate of drug-likeness (QED) is 0.826. The zero-order chi connectivity index (χ0) is 19.0. The molecule has 4 fully saturated rings. The first-order chi connectivity index (χ1) is 13.7. The van der Waals surface area contributed by atoms with Gasteiger partial charge in [-0.15, -0.1) is 0 Å². The number of aromatic nitrogens is 1. The second-order valence-electron chi connectivity index (χ2n) is 8.28. The number of amides is 1. The van der Waals surface area contributed by atoms with Crippen LogP contribution in [0.25, 0.3) is 0 Å². The van der Waals surface area contributed by atoms with Gasteiger partial charge in [0.25, 0.3) is 5.91 Å². The minimum atomic E-state index is -0.169. The van der Waals surface area contributed by atoms with Crippen molar-refractivity contribution in [2.45, 2.75) is 6.42 Å². The molecule has 144 valence electrons. The predicted octanol–water partition coefficient (Wildman–Crippen LogP) is 1.66. The summed E-state index contributed by atoms with van der Waals surface area (Å²) in [6, 6.07) is 14.1. The molecule has 1 aromatic carbocycles. The van der Waals surface area contributed by atoms with E-state index in [4.69, 9.17) is 5.10 Å². The minimum Gasteiger partial charge on any atom is -0.300 e. The number of hydrazone groups is 1. The van der Waals surface area contributed by atoms with Gasteiger partial charge in [0.1, 0.15) is 0 Å². The number of pyridine rings is 1. The van der Waals surface area contributed by atoms with Gasteiger partial charge in [-0.05, 0) is 24.1 Å². The fraction of sp³-hybridized carbons (Fsp3) is 0.409. The summed E-state index contributed by atoms with van der Waals surface area (Å²) in [7, 11) is 0. The van der Waals surface area contributed by atoms with Crippen LogP contribution in [-0.4, -0.2) is 65.7 Å².